The van der Waals surface area contributed by atoms with E-state index in [-0.39, 0.29) is 17.5 Å². The Hall–Kier alpha value is -2.28. The molecule has 0 aromatic heterocycles. The van der Waals surface area contributed by atoms with Crippen LogP contribution in [0, 0.1) is 5.41 Å². The molecule has 0 unspecified atom stereocenters. The van der Waals surface area contributed by atoms with Crippen LogP contribution in [0.5, 0.6) is 5.75 Å². The maximum Gasteiger partial charge on any atom is 0.415 e. The number of nitrogens with one attached hydrogen (secondary N) is 1. The van der Waals surface area contributed by atoms with Crippen LogP contribution in [-0.2, 0) is 4.74 Å². The van der Waals surface area contributed by atoms with Crippen molar-refractivity contribution in [3.05, 3.63) is 30.3 Å². The van der Waals surface area contributed by atoms with Gasteiger partial charge in [-0.1, -0.05) is 25.1 Å². The van der Waals surface area contributed by atoms with Crippen molar-refractivity contribution in [2.45, 2.75) is 19.8 Å². The predicted octanol–water partition coefficient (Wildman–Crippen LogP) is 2.33. The molecule has 0 radical (unpaired) electrons. The third kappa shape index (κ3) is 4.88. The molecular formula is C19H27N3O4. The van der Waals surface area contributed by atoms with E-state index in [0.717, 1.165) is 19.4 Å². The van der Waals surface area contributed by atoms with E-state index >= 15 is 0 Å². The highest BCUT2D eigenvalue weighted by molar-refractivity contribution is 5.75. The van der Waals surface area contributed by atoms with E-state index in [1.165, 1.54) is 0 Å². The Morgan fingerprint density at radius 1 is 1.15 bits per heavy atom. The summed E-state index contributed by atoms with van der Waals surface area (Å²) in [7, 11) is 0. The maximum atomic E-state index is 12.5. The van der Waals surface area contributed by atoms with Crippen LogP contribution in [0.15, 0.2) is 30.3 Å². The predicted molar refractivity (Wildman–Crippen MR) is 97.2 cm³/mol. The Labute approximate surface area is 154 Å². The first-order valence-corrected chi connectivity index (χ1v) is 9.18. The van der Waals surface area contributed by atoms with Gasteiger partial charge in [0.15, 0.2) is 0 Å². The lowest BCUT2D eigenvalue weighted by Crippen LogP contribution is -2.46. The average Bonchev–Trinajstić information content (AvgIpc) is 2.93. The van der Waals surface area contributed by atoms with E-state index < -0.39 is 0 Å². The van der Waals surface area contributed by atoms with Gasteiger partial charge in [0.25, 0.3) is 0 Å². The van der Waals surface area contributed by atoms with Crippen LogP contribution in [0.4, 0.5) is 9.59 Å². The number of rotatable bonds is 3. The summed E-state index contributed by atoms with van der Waals surface area (Å²) in [6.07, 6.45) is 1.33. The van der Waals surface area contributed by atoms with Gasteiger partial charge in [-0.25, -0.2) is 9.59 Å². The first-order chi connectivity index (χ1) is 12.6. The highest BCUT2D eigenvalue weighted by atomic mass is 16.6. The molecule has 1 aromatic carbocycles. The number of ether oxygens (including phenoxy) is 2. The van der Waals surface area contributed by atoms with Gasteiger partial charge < -0.3 is 24.6 Å². The van der Waals surface area contributed by atoms with Gasteiger partial charge in [-0.05, 0) is 25.0 Å². The Bertz CT molecular complexity index is 616. The largest absolute Gasteiger partial charge is 0.415 e. The molecule has 1 atom stereocenters. The molecule has 2 fully saturated rings. The van der Waals surface area contributed by atoms with Gasteiger partial charge in [0.2, 0.25) is 0 Å². The van der Waals surface area contributed by atoms with E-state index in [0.29, 0.717) is 45.1 Å². The molecule has 2 aliphatic heterocycles. The van der Waals surface area contributed by atoms with E-state index in [4.69, 9.17) is 9.47 Å². The van der Waals surface area contributed by atoms with Crippen molar-refractivity contribution in [3.63, 3.8) is 0 Å². The summed E-state index contributed by atoms with van der Waals surface area (Å²) in [5.41, 5.74) is 0.0209. The van der Waals surface area contributed by atoms with E-state index in [2.05, 4.69) is 12.2 Å². The second-order valence-electron chi connectivity index (χ2n) is 7.28. The highest BCUT2D eigenvalue weighted by Crippen LogP contribution is 2.26. The van der Waals surface area contributed by atoms with Gasteiger partial charge in [0, 0.05) is 44.7 Å². The van der Waals surface area contributed by atoms with Crippen LogP contribution < -0.4 is 10.1 Å². The van der Waals surface area contributed by atoms with E-state index in [9.17, 15) is 9.59 Å². The second-order valence-corrected chi connectivity index (χ2v) is 7.28. The molecule has 3 rings (SSSR count). The number of amides is 3. The molecule has 2 heterocycles. The lowest BCUT2D eigenvalue weighted by Gasteiger charge is -2.26. The molecule has 142 valence electrons. The van der Waals surface area contributed by atoms with Crippen LogP contribution in [0.25, 0.3) is 0 Å². The van der Waals surface area contributed by atoms with Gasteiger partial charge in [-0.15, -0.1) is 0 Å². The molecule has 2 saturated heterocycles. The Balaban J connectivity index is 1.46. The molecular weight excluding hydrogens is 334 g/mol. The number of carbonyl (C=O) groups is 2. The number of nitrogens with zero attached hydrogens (tertiary/aromatic N) is 2. The summed E-state index contributed by atoms with van der Waals surface area (Å²) < 4.78 is 10.8. The quantitative estimate of drug-likeness (QED) is 0.897. The van der Waals surface area contributed by atoms with Crippen LogP contribution in [-0.4, -0.2) is 67.9 Å². The fourth-order valence-electron chi connectivity index (χ4n) is 3.21. The van der Waals surface area contributed by atoms with Gasteiger partial charge >= 0.3 is 12.1 Å². The Morgan fingerprint density at radius 3 is 2.62 bits per heavy atom. The van der Waals surface area contributed by atoms with Crippen molar-refractivity contribution in [2.75, 3.05) is 45.9 Å². The molecule has 26 heavy (non-hydrogen) atoms. The topological polar surface area (TPSA) is 71.1 Å². The van der Waals surface area contributed by atoms with Gasteiger partial charge in [0.1, 0.15) is 5.75 Å². The van der Waals surface area contributed by atoms with Gasteiger partial charge in [-0.3, -0.25) is 0 Å². The summed E-state index contributed by atoms with van der Waals surface area (Å²) in [5.74, 6) is 0.531. The van der Waals surface area contributed by atoms with Gasteiger partial charge in [-0.2, -0.15) is 0 Å². The van der Waals surface area contributed by atoms with E-state index in [1.54, 1.807) is 21.9 Å². The fourth-order valence-corrected chi connectivity index (χ4v) is 3.21. The van der Waals surface area contributed by atoms with Crippen molar-refractivity contribution in [1.82, 2.24) is 15.1 Å². The first kappa shape index (κ1) is 18.5. The van der Waals surface area contributed by atoms with E-state index in [1.807, 2.05) is 18.2 Å². The zero-order valence-corrected chi connectivity index (χ0v) is 15.3. The second kappa shape index (κ2) is 8.40. The van der Waals surface area contributed by atoms with Crippen LogP contribution in [0.1, 0.15) is 19.8 Å². The minimum atomic E-state index is -0.367. The molecule has 0 saturated carbocycles. The molecule has 0 aliphatic carbocycles. The summed E-state index contributed by atoms with van der Waals surface area (Å²) in [5, 5.41) is 3.02. The fraction of sp³-hybridized carbons (Fsp3) is 0.579. The molecule has 2 aliphatic rings. The number of hydrogen-bond donors (Lipinski definition) is 1. The third-order valence-corrected chi connectivity index (χ3v) is 4.96. The number of benzene rings is 1. The molecule has 7 nitrogen and oxygen atoms in total. The highest BCUT2D eigenvalue weighted by Gasteiger charge is 2.31. The minimum Gasteiger partial charge on any atom is -0.410 e. The smallest absolute Gasteiger partial charge is 0.410 e. The lowest BCUT2D eigenvalue weighted by molar-refractivity contribution is 0.150. The minimum absolute atomic E-state index is 0.0209. The number of urea groups is 1. The zero-order valence-electron chi connectivity index (χ0n) is 15.3. The average molecular weight is 361 g/mol. The van der Waals surface area contributed by atoms with Crippen LogP contribution >= 0.6 is 0 Å². The van der Waals surface area contributed by atoms with Crippen molar-refractivity contribution >= 4 is 12.1 Å². The van der Waals surface area contributed by atoms with Crippen molar-refractivity contribution < 1.29 is 19.1 Å². The SMILES string of the molecule is C[C@@]1(CNC(=O)N2CCCN(C(=O)Oc3ccccc3)CC2)CCOC1. The third-order valence-electron chi connectivity index (χ3n) is 4.96. The number of hydrogen-bond acceptors (Lipinski definition) is 4. The summed E-state index contributed by atoms with van der Waals surface area (Å²) in [6.45, 7) is 6.38. The normalized spacial score (nSPS) is 23.4. The van der Waals surface area contributed by atoms with Crippen LogP contribution in [0.3, 0.4) is 0 Å². The lowest BCUT2D eigenvalue weighted by atomic mass is 9.90. The van der Waals surface area contributed by atoms with Crippen LogP contribution in [0.2, 0.25) is 0 Å². The monoisotopic (exact) mass is 361 g/mol. The molecule has 1 N–H and O–H groups in total. The molecule has 0 bridgehead atoms. The molecule has 3 amide bonds. The van der Waals surface area contributed by atoms with Crippen molar-refractivity contribution in [2.24, 2.45) is 5.41 Å². The molecule has 0 spiro atoms. The maximum absolute atomic E-state index is 12.5. The van der Waals surface area contributed by atoms with Crippen molar-refractivity contribution in [3.8, 4) is 5.75 Å². The zero-order chi connectivity index (χ0) is 18.4. The van der Waals surface area contributed by atoms with Gasteiger partial charge in [0.05, 0.1) is 6.61 Å². The first-order valence-electron chi connectivity index (χ1n) is 9.18. The number of carbonyl (C=O) groups excluding carboxylic acids is 2. The summed E-state index contributed by atoms with van der Waals surface area (Å²) >= 11 is 0. The number of para-hydroxylation sites is 1. The standard InChI is InChI=1S/C19H27N3O4/c1-19(8-13-25-15-19)14-20-17(23)21-9-5-10-22(12-11-21)18(24)26-16-6-3-2-4-7-16/h2-4,6-7H,5,8-15H2,1H3,(H,20,23)/t19-/m0/s1. The Morgan fingerprint density at radius 2 is 1.88 bits per heavy atom. The molecule has 7 heteroatoms. The summed E-state index contributed by atoms with van der Waals surface area (Å²) in [4.78, 5) is 28.2. The van der Waals surface area contributed by atoms with Crippen molar-refractivity contribution in [1.29, 1.82) is 0 Å². The summed E-state index contributed by atoms with van der Waals surface area (Å²) in [6, 6.07) is 8.96. The molecule has 1 aromatic rings. The Kier molecular flexibility index (Phi) is 5.98.